The predicted molar refractivity (Wildman–Crippen MR) is 113 cm³/mol. The molecule has 0 spiro atoms. The van der Waals surface area contributed by atoms with Gasteiger partial charge in [0.05, 0.1) is 17.0 Å². The first-order valence-electron chi connectivity index (χ1n) is 9.65. The lowest BCUT2D eigenvalue weighted by atomic mass is 9.79. The van der Waals surface area contributed by atoms with Crippen molar-refractivity contribution in [3.05, 3.63) is 69.2 Å². The molecule has 1 fully saturated rings. The number of hydrogen-bond acceptors (Lipinski definition) is 3. The Bertz CT molecular complexity index is 976. The molecule has 2 aromatic carbocycles. The number of nitrogens with one attached hydrogen (secondary N) is 1. The van der Waals surface area contributed by atoms with Crippen LogP contribution >= 0.6 is 23.2 Å². The number of likely N-dealkylation sites (tertiary alicyclic amines) is 1. The van der Waals surface area contributed by atoms with Gasteiger partial charge in [-0.2, -0.15) is 18.4 Å². The average molecular weight is 470 g/mol. The van der Waals surface area contributed by atoms with E-state index in [1.807, 2.05) is 4.90 Å². The number of nitriles is 1. The number of rotatable bonds is 5. The normalized spacial score (nSPS) is 16.5. The summed E-state index contributed by atoms with van der Waals surface area (Å²) in [4.78, 5) is 14.3. The third-order valence-corrected chi connectivity index (χ3v) is 5.92. The molecule has 1 aliphatic rings. The quantitative estimate of drug-likeness (QED) is 0.624. The third-order valence-electron chi connectivity index (χ3n) is 5.48. The minimum atomic E-state index is -4.41. The molecule has 1 N–H and O–H groups in total. The van der Waals surface area contributed by atoms with Crippen molar-refractivity contribution >= 4 is 29.1 Å². The Kier molecular flexibility index (Phi) is 7.15. The van der Waals surface area contributed by atoms with Crippen LogP contribution in [0, 0.1) is 16.7 Å². The maximum atomic E-state index is 13.2. The van der Waals surface area contributed by atoms with Gasteiger partial charge in [0, 0.05) is 41.8 Å². The van der Waals surface area contributed by atoms with Crippen molar-refractivity contribution in [3.63, 3.8) is 0 Å². The number of halogens is 5. The molecule has 0 radical (unpaired) electrons. The molecule has 2 aromatic rings. The molecule has 1 amide bonds. The van der Waals surface area contributed by atoms with Gasteiger partial charge in [-0.05, 0) is 42.7 Å². The molecule has 1 aliphatic heterocycles. The van der Waals surface area contributed by atoms with Crippen LogP contribution in [0.1, 0.15) is 34.3 Å². The summed E-state index contributed by atoms with van der Waals surface area (Å²) in [5, 5.41) is 13.2. The van der Waals surface area contributed by atoms with Crippen LogP contribution in [0.15, 0.2) is 42.5 Å². The summed E-state index contributed by atoms with van der Waals surface area (Å²) in [6, 6.07) is 12.3. The van der Waals surface area contributed by atoms with Crippen molar-refractivity contribution in [2.24, 2.45) is 5.41 Å². The third kappa shape index (κ3) is 5.91. The van der Waals surface area contributed by atoms with E-state index < -0.39 is 17.2 Å². The molecular weight excluding hydrogens is 450 g/mol. The number of benzene rings is 2. The van der Waals surface area contributed by atoms with E-state index in [2.05, 4.69) is 11.4 Å². The summed E-state index contributed by atoms with van der Waals surface area (Å²) in [6.45, 7) is 1.21. The number of nitrogens with zero attached hydrogens (tertiary/aromatic N) is 2. The van der Waals surface area contributed by atoms with Crippen LogP contribution in [0.2, 0.25) is 10.0 Å². The van der Waals surface area contributed by atoms with Crippen molar-refractivity contribution < 1.29 is 18.0 Å². The summed E-state index contributed by atoms with van der Waals surface area (Å²) in [6.07, 6.45) is -3.53. The monoisotopic (exact) mass is 469 g/mol. The first kappa shape index (κ1) is 23.4. The van der Waals surface area contributed by atoms with E-state index in [-0.39, 0.29) is 24.6 Å². The fourth-order valence-electron chi connectivity index (χ4n) is 3.68. The number of carbonyl (C=O) groups is 1. The highest BCUT2D eigenvalue weighted by Crippen LogP contribution is 2.35. The highest BCUT2D eigenvalue weighted by Gasteiger charge is 2.37. The average Bonchev–Trinajstić information content (AvgIpc) is 2.72. The van der Waals surface area contributed by atoms with E-state index in [4.69, 9.17) is 23.2 Å². The van der Waals surface area contributed by atoms with Crippen LogP contribution in [-0.4, -0.2) is 30.4 Å². The molecule has 4 nitrogen and oxygen atoms in total. The minimum absolute atomic E-state index is 0.138. The Morgan fingerprint density at radius 3 is 2.32 bits per heavy atom. The molecule has 0 aromatic heterocycles. The summed E-state index contributed by atoms with van der Waals surface area (Å²) in [5.41, 5.74) is -0.908. The number of piperidine rings is 1. The smallest absolute Gasteiger partial charge is 0.350 e. The summed E-state index contributed by atoms with van der Waals surface area (Å²) in [7, 11) is 0. The predicted octanol–water partition coefficient (Wildman–Crippen LogP) is 5.55. The Morgan fingerprint density at radius 2 is 1.74 bits per heavy atom. The molecule has 3 rings (SSSR count). The lowest BCUT2D eigenvalue weighted by molar-refractivity contribution is -0.138. The van der Waals surface area contributed by atoms with Gasteiger partial charge >= 0.3 is 6.18 Å². The fraction of sp³-hybridized carbons (Fsp3) is 0.364. The van der Waals surface area contributed by atoms with Gasteiger partial charge in [-0.15, -0.1) is 0 Å². The molecule has 9 heteroatoms. The number of carbonyl (C=O) groups excluding carboxylic acids is 1. The molecular formula is C22H20Cl2F3N3O. The molecule has 0 bridgehead atoms. The molecule has 0 saturated carbocycles. The van der Waals surface area contributed by atoms with E-state index in [1.165, 1.54) is 30.3 Å². The molecule has 1 heterocycles. The van der Waals surface area contributed by atoms with Gasteiger partial charge in [0.15, 0.2) is 0 Å². The lowest BCUT2D eigenvalue weighted by Crippen LogP contribution is -2.45. The first-order chi connectivity index (χ1) is 14.6. The van der Waals surface area contributed by atoms with E-state index in [1.54, 1.807) is 6.07 Å². The van der Waals surface area contributed by atoms with Gasteiger partial charge in [0.2, 0.25) is 0 Å². The lowest BCUT2D eigenvalue weighted by Gasteiger charge is -2.37. The van der Waals surface area contributed by atoms with E-state index in [0.717, 1.165) is 6.07 Å². The van der Waals surface area contributed by atoms with Crippen LogP contribution in [0.4, 0.5) is 13.2 Å². The van der Waals surface area contributed by atoms with Crippen molar-refractivity contribution in [1.29, 1.82) is 5.26 Å². The molecule has 0 unspecified atom stereocenters. The Morgan fingerprint density at radius 1 is 1.13 bits per heavy atom. The Hall–Kier alpha value is -2.27. The Labute approximate surface area is 188 Å². The van der Waals surface area contributed by atoms with Crippen LogP contribution in [0.3, 0.4) is 0 Å². The summed E-state index contributed by atoms with van der Waals surface area (Å²) >= 11 is 11.9. The second kappa shape index (κ2) is 9.47. The molecule has 0 atom stereocenters. The first-order valence-corrected chi connectivity index (χ1v) is 10.4. The van der Waals surface area contributed by atoms with Crippen LogP contribution in [0.25, 0.3) is 0 Å². The fourth-order valence-corrected chi connectivity index (χ4v) is 4.21. The molecule has 31 heavy (non-hydrogen) atoms. The molecule has 0 aliphatic carbocycles. The zero-order chi connectivity index (χ0) is 22.6. The van der Waals surface area contributed by atoms with Gasteiger partial charge < -0.3 is 5.32 Å². The van der Waals surface area contributed by atoms with E-state index in [9.17, 15) is 23.2 Å². The topological polar surface area (TPSA) is 56.1 Å². The van der Waals surface area contributed by atoms with E-state index in [0.29, 0.717) is 41.5 Å². The minimum Gasteiger partial charge on any atom is -0.350 e. The van der Waals surface area contributed by atoms with Crippen LogP contribution in [-0.2, 0) is 12.7 Å². The summed E-state index contributed by atoms with van der Waals surface area (Å²) < 4.78 is 39.7. The maximum Gasteiger partial charge on any atom is 0.416 e. The van der Waals surface area contributed by atoms with Crippen LogP contribution < -0.4 is 5.32 Å². The number of amides is 1. The van der Waals surface area contributed by atoms with E-state index >= 15 is 0 Å². The second-order valence-electron chi connectivity index (χ2n) is 7.66. The maximum absolute atomic E-state index is 13.2. The SMILES string of the molecule is N#CC1(CNC(=O)c2cc(Cl)cc(Cl)c2)CCN(Cc2ccccc2C(F)(F)F)CC1. The van der Waals surface area contributed by atoms with Crippen molar-refractivity contribution in [2.75, 3.05) is 19.6 Å². The highest BCUT2D eigenvalue weighted by atomic mass is 35.5. The standard InChI is InChI=1S/C22H20Cl2F3N3O/c23-17-9-16(10-18(24)11-17)20(31)29-14-21(13-28)5-7-30(8-6-21)12-15-3-1-2-4-19(15)22(25,26)27/h1-4,9-11H,5-8,12,14H2,(H,29,31). The van der Waals surface area contributed by atoms with Gasteiger partial charge in [0.25, 0.3) is 5.91 Å². The zero-order valence-electron chi connectivity index (χ0n) is 16.5. The van der Waals surface area contributed by atoms with Gasteiger partial charge in [0.1, 0.15) is 0 Å². The largest absolute Gasteiger partial charge is 0.416 e. The van der Waals surface area contributed by atoms with Crippen molar-refractivity contribution in [3.8, 4) is 6.07 Å². The summed E-state index contributed by atoms with van der Waals surface area (Å²) in [5.74, 6) is -0.388. The van der Waals surface area contributed by atoms with Crippen LogP contribution in [0.5, 0.6) is 0 Å². The van der Waals surface area contributed by atoms with Gasteiger partial charge in [-0.25, -0.2) is 0 Å². The van der Waals surface area contributed by atoms with Crippen molar-refractivity contribution in [2.45, 2.75) is 25.6 Å². The van der Waals surface area contributed by atoms with Crippen molar-refractivity contribution in [1.82, 2.24) is 10.2 Å². The number of hydrogen-bond donors (Lipinski definition) is 1. The second-order valence-corrected chi connectivity index (χ2v) is 8.54. The Balaban J connectivity index is 1.60. The van der Waals surface area contributed by atoms with Gasteiger partial charge in [-0.1, -0.05) is 41.4 Å². The zero-order valence-corrected chi connectivity index (χ0v) is 18.0. The highest BCUT2D eigenvalue weighted by molar-refractivity contribution is 6.35. The molecule has 1 saturated heterocycles. The number of alkyl halides is 3. The van der Waals surface area contributed by atoms with Gasteiger partial charge in [-0.3, -0.25) is 9.69 Å². The molecule has 164 valence electrons.